The summed E-state index contributed by atoms with van der Waals surface area (Å²) in [6.45, 7) is 3.82. The summed E-state index contributed by atoms with van der Waals surface area (Å²) in [5, 5.41) is 2.62. The second-order valence-corrected chi connectivity index (χ2v) is 7.40. The maximum atomic E-state index is 11.9. The zero-order valence-electron chi connectivity index (χ0n) is 13.3. The number of anilines is 1. The summed E-state index contributed by atoms with van der Waals surface area (Å²) < 4.78 is 28.5. The minimum absolute atomic E-state index is 0.147. The van der Waals surface area contributed by atoms with Gasteiger partial charge in [0.25, 0.3) is 5.91 Å². The van der Waals surface area contributed by atoms with Crippen molar-refractivity contribution >= 4 is 21.4 Å². The first-order chi connectivity index (χ1) is 10.8. The van der Waals surface area contributed by atoms with Gasteiger partial charge in [-0.3, -0.25) is 4.79 Å². The molecule has 2 aromatic rings. The third-order valence-corrected chi connectivity index (χ3v) is 4.50. The Bertz CT molecular complexity index is 828. The highest BCUT2D eigenvalue weighted by Crippen LogP contribution is 2.17. The molecule has 0 fully saturated rings. The van der Waals surface area contributed by atoms with E-state index in [-0.39, 0.29) is 17.4 Å². The van der Waals surface area contributed by atoms with Gasteiger partial charge in [-0.15, -0.1) is 0 Å². The third-order valence-electron chi connectivity index (χ3n) is 3.39. The molecule has 0 saturated heterocycles. The number of carbonyl (C=O) groups excluding carboxylic acids is 1. The van der Waals surface area contributed by atoms with E-state index in [0.29, 0.717) is 11.4 Å². The van der Waals surface area contributed by atoms with E-state index >= 15 is 0 Å². The van der Waals surface area contributed by atoms with E-state index in [1.54, 1.807) is 18.2 Å². The average molecular weight is 333 g/mol. The number of hydrogen-bond donors (Lipinski definition) is 1. The lowest BCUT2D eigenvalue weighted by Gasteiger charge is -2.09. The van der Waals surface area contributed by atoms with Gasteiger partial charge in [0.1, 0.15) is 5.75 Å². The Hall–Kier alpha value is -2.34. The van der Waals surface area contributed by atoms with E-state index in [0.717, 1.165) is 17.4 Å². The number of aryl methyl sites for hydroxylation is 2. The molecule has 0 aliphatic rings. The van der Waals surface area contributed by atoms with Crippen molar-refractivity contribution < 1.29 is 17.9 Å². The lowest BCUT2D eigenvalue weighted by molar-refractivity contribution is -0.118. The standard InChI is InChI=1S/C17H19NO4S/c1-12-7-8-15(9-13(12)2)22-11-17(19)18-14-5-4-6-16(10-14)23(3,20)21/h4-10H,11H2,1-3H3,(H,18,19). The van der Waals surface area contributed by atoms with Crippen LogP contribution < -0.4 is 10.1 Å². The summed E-state index contributed by atoms with van der Waals surface area (Å²) >= 11 is 0. The summed E-state index contributed by atoms with van der Waals surface area (Å²) in [6, 6.07) is 11.7. The predicted octanol–water partition coefficient (Wildman–Crippen LogP) is 2.72. The molecule has 0 atom stereocenters. The van der Waals surface area contributed by atoms with E-state index in [9.17, 15) is 13.2 Å². The number of nitrogens with one attached hydrogen (secondary N) is 1. The van der Waals surface area contributed by atoms with E-state index in [4.69, 9.17) is 4.74 Å². The molecule has 1 N–H and O–H groups in total. The Morgan fingerprint density at radius 2 is 1.83 bits per heavy atom. The molecule has 2 rings (SSSR count). The number of rotatable bonds is 5. The minimum atomic E-state index is -3.31. The summed E-state index contributed by atoms with van der Waals surface area (Å²) in [5.41, 5.74) is 2.66. The van der Waals surface area contributed by atoms with Crippen molar-refractivity contribution in [1.29, 1.82) is 0 Å². The molecule has 1 amide bonds. The molecule has 6 heteroatoms. The van der Waals surface area contributed by atoms with Gasteiger partial charge in [-0.1, -0.05) is 12.1 Å². The van der Waals surface area contributed by atoms with Gasteiger partial charge in [0.05, 0.1) is 4.90 Å². The molecule has 0 aromatic heterocycles. The molecular weight excluding hydrogens is 314 g/mol. The van der Waals surface area contributed by atoms with Gasteiger partial charge in [-0.05, 0) is 55.3 Å². The molecule has 0 radical (unpaired) electrons. The van der Waals surface area contributed by atoms with Crippen molar-refractivity contribution in [3.8, 4) is 5.75 Å². The van der Waals surface area contributed by atoms with Crippen molar-refractivity contribution in [2.45, 2.75) is 18.7 Å². The molecule has 0 unspecified atom stereocenters. The maximum absolute atomic E-state index is 11.9. The molecule has 0 bridgehead atoms. The van der Waals surface area contributed by atoms with Crippen molar-refractivity contribution in [3.05, 3.63) is 53.6 Å². The zero-order chi connectivity index (χ0) is 17.0. The number of hydrogen-bond acceptors (Lipinski definition) is 4. The largest absolute Gasteiger partial charge is 0.484 e. The van der Waals surface area contributed by atoms with E-state index < -0.39 is 9.84 Å². The first-order valence-corrected chi connectivity index (χ1v) is 8.95. The van der Waals surface area contributed by atoms with Gasteiger partial charge in [0.15, 0.2) is 16.4 Å². The quantitative estimate of drug-likeness (QED) is 0.913. The fourth-order valence-corrected chi connectivity index (χ4v) is 2.62. The van der Waals surface area contributed by atoms with Gasteiger partial charge in [0.2, 0.25) is 0 Å². The van der Waals surface area contributed by atoms with Crippen molar-refractivity contribution in [2.24, 2.45) is 0 Å². The first-order valence-electron chi connectivity index (χ1n) is 7.06. The molecular formula is C17H19NO4S. The molecule has 23 heavy (non-hydrogen) atoms. The Kier molecular flexibility index (Phi) is 5.05. The molecule has 0 heterocycles. The van der Waals surface area contributed by atoms with Crippen LogP contribution in [-0.4, -0.2) is 27.2 Å². The molecule has 0 spiro atoms. The summed E-state index contributed by atoms with van der Waals surface area (Å²) in [5.74, 6) is 0.266. The Morgan fingerprint density at radius 1 is 1.09 bits per heavy atom. The Labute approximate surface area is 136 Å². The van der Waals surface area contributed by atoms with Crippen LogP contribution >= 0.6 is 0 Å². The van der Waals surface area contributed by atoms with Gasteiger partial charge in [0, 0.05) is 11.9 Å². The summed E-state index contributed by atoms with van der Waals surface area (Å²) in [7, 11) is -3.31. The lowest BCUT2D eigenvalue weighted by Crippen LogP contribution is -2.20. The van der Waals surface area contributed by atoms with E-state index in [1.165, 1.54) is 12.1 Å². The summed E-state index contributed by atoms with van der Waals surface area (Å²) in [6.07, 6.45) is 1.12. The van der Waals surface area contributed by atoms with Crippen LogP contribution in [0.1, 0.15) is 11.1 Å². The SMILES string of the molecule is Cc1ccc(OCC(=O)Nc2cccc(S(C)(=O)=O)c2)cc1C. The van der Waals surface area contributed by atoms with Crippen LogP contribution in [0.15, 0.2) is 47.4 Å². The van der Waals surface area contributed by atoms with Crippen molar-refractivity contribution in [2.75, 3.05) is 18.2 Å². The molecule has 5 nitrogen and oxygen atoms in total. The number of sulfone groups is 1. The van der Waals surface area contributed by atoms with Crippen LogP contribution in [0.25, 0.3) is 0 Å². The normalized spacial score (nSPS) is 11.1. The van der Waals surface area contributed by atoms with Crippen LogP contribution in [0.4, 0.5) is 5.69 Å². The highest BCUT2D eigenvalue weighted by Gasteiger charge is 2.09. The number of ether oxygens (including phenoxy) is 1. The van der Waals surface area contributed by atoms with Gasteiger partial charge in [-0.2, -0.15) is 0 Å². The number of amides is 1. The molecule has 122 valence electrons. The summed E-state index contributed by atoms with van der Waals surface area (Å²) in [4.78, 5) is 12.1. The van der Waals surface area contributed by atoms with Crippen LogP contribution in [0, 0.1) is 13.8 Å². The predicted molar refractivity (Wildman–Crippen MR) is 89.6 cm³/mol. The van der Waals surface area contributed by atoms with Gasteiger partial charge in [-0.25, -0.2) is 8.42 Å². The number of carbonyl (C=O) groups is 1. The smallest absolute Gasteiger partial charge is 0.262 e. The van der Waals surface area contributed by atoms with Crippen molar-refractivity contribution in [3.63, 3.8) is 0 Å². The number of benzene rings is 2. The zero-order valence-corrected chi connectivity index (χ0v) is 14.1. The Morgan fingerprint density at radius 3 is 2.48 bits per heavy atom. The second-order valence-electron chi connectivity index (χ2n) is 5.38. The van der Waals surface area contributed by atoms with Gasteiger partial charge < -0.3 is 10.1 Å². The topological polar surface area (TPSA) is 72.5 Å². The second kappa shape index (κ2) is 6.83. The fraction of sp³-hybridized carbons (Fsp3) is 0.235. The van der Waals surface area contributed by atoms with E-state index in [2.05, 4.69) is 5.32 Å². The highest BCUT2D eigenvalue weighted by molar-refractivity contribution is 7.90. The van der Waals surface area contributed by atoms with Crippen LogP contribution in [0.3, 0.4) is 0 Å². The average Bonchev–Trinajstić information content (AvgIpc) is 2.48. The highest BCUT2D eigenvalue weighted by atomic mass is 32.2. The van der Waals surface area contributed by atoms with Crippen LogP contribution in [0.2, 0.25) is 0 Å². The fourth-order valence-electron chi connectivity index (χ4n) is 1.95. The molecule has 2 aromatic carbocycles. The molecule has 0 aliphatic carbocycles. The van der Waals surface area contributed by atoms with Crippen LogP contribution in [-0.2, 0) is 14.6 Å². The molecule has 0 aliphatic heterocycles. The monoisotopic (exact) mass is 333 g/mol. The maximum Gasteiger partial charge on any atom is 0.262 e. The lowest BCUT2D eigenvalue weighted by atomic mass is 10.1. The Balaban J connectivity index is 1.98. The third kappa shape index (κ3) is 4.82. The first kappa shape index (κ1) is 17.0. The van der Waals surface area contributed by atoms with Crippen LogP contribution in [0.5, 0.6) is 5.75 Å². The molecule has 0 saturated carbocycles. The van der Waals surface area contributed by atoms with Crippen molar-refractivity contribution in [1.82, 2.24) is 0 Å². The van der Waals surface area contributed by atoms with E-state index in [1.807, 2.05) is 26.0 Å². The minimum Gasteiger partial charge on any atom is -0.484 e. The van der Waals surface area contributed by atoms with Gasteiger partial charge >= 0.3 is 0 Å².